The summed E-state index contributed by atoms with van der Waals surface area (Å²) in [6, 6.07) is 10.1. The number of rotatable bonds is 10. The second-order valence-electron chi connectivity index (χ2n) is 11.7. The van der Waals surface area contributed by atoms with Crippen LogP contribution in [0.1, 0.15) is 111 Å². The van der Waals surface area contributed by atoms with Crippen LogP contribution >= 0.6 is 0 Å². The Morgan fingerprint density at radius 3 is 2.00 bits per heavy atom. The number of carbonyl (C=O) groups is 1. The van der Waals surface area contributed by atoms with Crippen molar-refractivity contribution in [2.24, 2.45) is 17.8 Å². The van der Waals surface area contributed by atoms with E-state index in [1.54, 1.807) is 0 Å². The summed E-state index contributed by atoms with van der Waals surface area (Å²) < 4.78 is 0. The third-order valence-corrected chi connectivity index (χ3v) is 7.00. The standard InChI is InChI=1S/C28H47NO2/c1-20(2)8-14-25(15-9-21(3)4)29-17-16-22(19-27(30)31)18-26(29)23-10-12-24(13-11-23)28(5,6)7/h10-13,20-22,25-26H,8-9,14-19H2,1-7H3,(H,30,31). The third-order valence-electron chi connectivity index (χ3n) is 7.00. The Morgan fingerprint density at radius 2 is 1.55 bits per heavy atom. The molecule has 0 aliphatic carbocycles. The molecule has 1 heterocycles. The van der Waals surface area contributed by atoms with Crippen LogP contribution in [0, 0.1) is 17.8 Å². The molecule has 1 saturated heterocycles. The number of piperidine rings is 1. The summed E-state index contributed by atoms with van der Waals surface area (Å²) in [7, 11) is 0. The molecule has 1 aromatic rings. The molecule has 176 valence electrons. The smallest absolute Gasteiger partial charge is 0.303 e. The number of carboxylic acids is 1. The third kappa shape index (κ3) is 8.25. The van der Waals surface area contributed by atoms with Crippen molar-refractivity contribution in [3.8, 4) is 0 Å². The van der Waals surface area contributed by atoms with Gasteiger partial charge in [-0.1, -0.05) is 72.7 Å². The van der Waals surface area contributed by atoms with Crippen molar-refractivity contribution in [3.63, 3.8) is 0 Å². The molecular formula is C28H47NO2. The van der Waals surface area contributed by atoms with Crippen molar-refractivity contribution in [2.45, 2.75) is 111 Å². The van der Waals surface area contributed by atoms with Gasteiger partial charge in [0.2, 0.25) is 0 Å². The van der Waals surface area contributed by atoms with Crippen molar-refractivity contribution in [1.29, 1.82) is 0 Å². The second-order valence-corrected chi connectivity index (χ2v) is 11.7. The minimum atomic E-state index is -0.656. The molecule has 0 bridgehead atoms. The average molecular weight is 430 g/mol. The highest BCUT2D eigenvalue weighted by atomic mass is 16.4. The van der Waals surface area contributed by atoms with Crippen LogP contribution in [-0.4, -0.2) is 28.6 Å². The first-order chi connectivity index (χ1) is 14.5. The van der Waals surface area contributed by atoms with E-state index in [1.807, 2.05) is 0 Å². The maximum atomic E-state index is 11.4. The van der Waals surface area contributed by atoms with E-state index in [9.17, 15) is 9.90 Å². The van der Waals surface area contributed by atoms with Gasteiger partial charge in [-0.25, -0.2) is 0 Å². The molecule has 2 atom stereocenters. The molecule has 0 spiro atoms. The summed E-state index contributed by atoms with van der Waals surface area (Å²) in [6.45, 7) is 17.1. The highest BCUT2D eigenvalue weighted by Crippen LogP contribution is 2.39. The van der Waals surface area contributed by atoms with Gasteiger partial charge in [-0.3, -0.25) is 9.69 Å². The molecule has 2 unspecified atom stereocenters. The number of likely N-dealkylation sites (tertiary alicyclic amines) is 1. The predicted molar refractivity (Wildman–Crippen MR) is 131 cm³/mol. The van der Waals surface area contributed by atoms with E-state index in [1.165, 1.54) is 36.8 Å². The Hall–Kier alpha value is -1.35. The molecule has 3 heteroatoms. The van der Waals surface area contributed by atoms with Crippen LogP contribution in [0.25, 0.3) is 0 Å². The maximum absolute atomic E-state index is 11.4. The number of carboxylic acid groups (broad SMARTS) is 1. The molecule has 0 amide bonds. The SMILES string of the molecule is CC(C)CCC(CCC(C)C)N1CCC(CC(=O)O)CC1c1ccc(C(C)(C)C)cc1. The first-order valence-corrected chi connectivity index (χ1v) is 12.5. The Kier molecular flexibility index (Phi) is 9.61. The van der Waals surface area contributed by atoms with E-state index in [2.05, 4.69) is 77.6 Å². The number of nitrogens with zero attached hydrogens (tertiary/aromatic N) is 1. The molecule has 31 heavy (non-hydrogen) atoms. The average Bonchev–Trinajstić information content (AvgIpc) is 2.67. The van der Waals surface area contributed by atoms with Gasteiger partial charge in [-0.05, 0) is 79.4 Å². The van der Waals surface area contributed by atoms with Gasteiger partial charge in [-0.15, -0.1) is 0 Å². The van der Waals surface area contributed by atoms with Crippen LogP contribution in [0.3, 0.4) is 0 Å². The van der Waals surface area contributed by atoms with Gasteiger partial charge in [0.1, 0.15) is 0 Å². The minimum absolute atomic E-state index is 0.147. The Bertz CT molecular complexity index is 659. The van der Waals surface area contributed by atoms with Crippen LogP contribution in [-0.2, 0) is 10.2 Å². The molecule has 3 nitrogen and oxygen atoms in total. The van der Waals surface area contributed by atoms with E-state index >= 15 is 0 Å². The van der Waals surface area contributed by atoms with Crippen LogP contribution < -0.4 is 0 Å². The first kappa shape index (κ1) is 25.9. The number of hydrogen-bond donors (Lipinski definition) is 1. The zero-order valence-electron chi connectivity index (χ0n) is 21.2. The fourth-order valence-electron chi connectivity index (χ4n) is 4.99. The van der Waals surface area contributed by atoms with Crippen molar-refractivity contribution in [2.75, 3.05) is 6.54 Å². The highest BCUT2D eigenvalue weighted by molar-refractivity contribution is 5.67. The lowest BCUT2D eigenvalue weighted by Gasteiger charge is -2.45. The molecule has 0 radical (unpaired) electrons. The highest BCUT2D eigenvalue weighted by Gasteiger charge is 2.34. The van der Waals surface area contributed by atoms with Gasteiger partial charge in [0.05, 0.1) is 0 Å². The number of hydrogen-bond acceptors (Lipinski definition) is 2. The molecule has 1 fully saturated rings. The van der Waals surface area contributed by atoms with Crippen LogP contribution in [0.15, 0.2) is 24.3 Å². The van der Waals surface area contributed by atoms with E-state index < -0.39 is 5.97 Å². The second kappa shape index (κ2) is 11.5. The first-order valence-electron chi connectivity index (χ1n) is 12.5. The van der Waals surface area contributed by atoms with Crippen LogP contribution in [0.5, 0.6) is 0 Å². The van der Waals surface area contributed by atoms with Gasteiger partial charge in [0.25, 0.3) is 0 Å². The summed E-state index contributed by atoms with van der Waals surface area (Å²) >= 11 is 0. The summed E-state index contributed by atoms with van der Waals surface area (Å²) in [6.07, 6.45) is 7.26. The molecule has 1 aliphatic rings. The van der Waals surface area contributed by atoms with Crippen molar-refractivity contribution >= 4 is 5.97 Å². The number of benzene rings is 1. The Labute approximate surface area is 191 Å². The monoisotopic (exact) mass is 429 g/mol. The lowest BCUT2D eigenvalue weighted by Crippen LogP contribution is -2.44. The van der Waals surface area contributed by atoms with E-state index in [4.69, 9.17) is 0 Å². The normalized spacial score (nSPS) is 20.7. The van der Waals surface area contributed by atoms with Crippen molar-refractivity contribution in [1.82, 2.24) is 4.90 Å². The van der Waals surface area contributed by atoms with Gasteiger partial charge in [0, 0.05) is 18.5 Å². The zero-order chi connectivity index (χ0) is 23.2. The minimum Gasteiger partial charge on any atom is -0.481 e. The fourth-order valence-corrected chi connectivity index (χ4v) is 4.99. The topological polar surface area (TPSA) is 40.5 Å². The zero-order valence-corrected chi connectivity index (χ0v) is 21.2. The summed E-state index contributed by atoms with van der Waals surface area (Å²) in [5, 5.41) is 9.40. The maximum Gasteiger partial charge on any atom is 0.303 e. The van der Waals surface area contributed by atoms with Gasteiger partial charge < -0.3 is 5.11 Å². The van der Waals surface area contributed by atoms with E-state index in [-0.39, 0.29) is 11.3 Å². The Balaban J connectivity index is 2.30. The lowest BCUT2D eigenvalue weighted by molar-refractivity contribution is -0.138. The van der Waals surface area contributed by atoms with Crippen LogP contribution in [0.2, 0.25) is 0 Å². The molecule has 2 rings (SSSR count). The van der Waals surface area contributed by atoms with Gasteiger partial charge >= 0.3 is 5.97 Å². The quantitative estimate of drug-likeness (QED) is 0.420. The summed E-state index contributed by atoms with van der Waals surface area (Å²) in [4.78, 5) is 14.2. The summed E-state index contributed by atoms with van der Waals surface area (Å²) in [5.41, 5.74) is 2.87. The van der Waals surface area contributed by atoms with E-state index in [0.717, 1.165) is 31.2 Å². The van der Waals surface area contributed by atoms with Crippen LogP contribution in [0.4, 0.5) is 0 Å². The lowest BCUT2D eigenvalue weighted by atomic mass is 9.81. The van der Waals surface area contributed by atoms with E-state index in [0.29, 0.717) is 18.5 Å². The Morgan fingerprint density at radius 1 is 1.00 bits per heavy atom. The molecule has 1 aromatic carbocycles. The van der Waals surface area contributed by atoms with Gasteiger partial charge in [-0.2, -0.15) is 0 Å². The summed E-state index contributed by atoms with van der Waals surface area (Å²) in [5.74, 6) is 1.06. The molecule has 1 N–H and O–H groups in total. The molecule has 1 aliphatic heterocycles. The molecule has 0 aromatic heterocycles. The largest absolute Gasteiger partial charge is 0.481 e. The van der Waals surface area contributed by atoms with Crippen molar-refractivity contribution in [3.05, 3.63) is 35.4 Å². The fraction of sp³-hybridized carbons (Fsp3) is 0.750. The predicted octanol–water partition coefficient (Wildman–Crippen LogP) is 7.45. The molecular weight excluding hydrogens is 382 g/mol. The van der Waals surface area contributed by atoms with Gasteiger partial charge in [0.15, 0.2) is 0 Å². The number of aliphatic carboxylic acids is 1. The van der Waals surface area contributed by atoms with Crippen molar-refractivity contribution < 1.29 is 9.90 Å². The molecule has 0 saturated carbocycles.